The zero-order valence-electron chi connectivity index (χ0n) is 8.53. The molecule has 0 aliphatic carbocycles. The van der Waals surface area contributed by atoms with Crippen LogP contribution in [0.3, 0.4) is 0 Å². The van der Waals surface area contributed by atoms with Gasteiger partial charge in [-0.15, -0.1) is 0 Å². The summed E-state index contributed by atoms with van der Waals surface area (Å²) in [6, 6.07) is 5.63. The Bertz CT molecular complexity index is 295. The first-order chi connectivity index (χ1) is 6.69. The molecule has 0 saturated carbocycles. The first-order valence-electron chi connectivity index (χ1n) is 4.82. The van der Waals surface area contributed by atoms with E-state index in [4.69, 9.17) is 14.9 Å². The molecule has 0 bridgehead atoms. The van der Waals surface area contributed by atoms with E-state index in [9.17, 15) is 0 Å². The molecule has 14 heavy (non-hydrogen) atoms. The number of rotatable bonds is 4. The van der Waals surface area contributed by atoms with Crippen LogP contribution < -0.4 is 4.74 Å². The van der Waals surface area contributed by atoms with E-state index in [1.165, 1.54) is 5.56 Å². The molecule has 1 aromatic carbocycles. The van der Waals surface area contributed by atoms with Crippen molar-refractivity contribution >= 4 is 0 Å². The zero-order chi connectivity index (χ0) is 10.6. The van der Waals surface area contributed by atoms with E-state index in [0.29, 0.717) is 5.75 Å². The normalized spacial score (nSPS) is 10.6. The maximum absolute atomic E-state index is 8.72. The van der Waals surface area contributed by atoms with Gasteiger partial charge in [0.25, 0.3) is 0 Å². The second-order valence-electron chi connectivity index (χ2n) is 3.05. The molecule has 0 atom stereocenters. The highest BCUT2D eigenvalue weighted by Crippen LogP contribution is 2.23. The monoisotopic (exact) mass is 196 g/mol. The van der Waals surface area contributed by atoms with Crippen LogP contribution in [0.1, 0.15) is 25.0 Å². The minimum Gasteiger partial charge on any atom is -0.441 e. The molecule has 0 aliphatic heterocycles. The number of aryl methyl sites for hydroxylation is 1. The van der Waals surface area contributed by atoms with E-state index < -0.39 is 6.48 Å². The third-order valence-electron chi connectivity index (χ3n) is 2.20. The molecule has 0 spiro atoms. The Kier molecular flexibility index (Phi) is 3.92. The van der Waals surface area contributed by atoms with Crippen molar-refractivity contribution in [3.05, 3.63) is 29.3 Å². The van der Waals surface area contributed by atoms with E-state index in [1.807, 2.05) is 19.1 Å². The van der Waals surface area contributed by atoms with Crippen LogP contribution in [0.4, 0.5) is 0 Å². The Morgan fingerprint density at radius 3 is 2.43 bits per heavy atom. The molecule has 0 aliphatic rings. The fourth-order valence-electron chi connectivity index (χ4n) is 1.57. The molecule has 2 N–H and O–H groups in total. The lowest BCUT2D eigenvalue weighted by Gasteiger charge is -2.14. The SMILES string of the molecule is CCc1cccc(OC(O)O)c1CC. The van der Waals surface area contributed by atoms with Crippen LogP contribution in [-0.2, 0) is 12.8 Å². The molecule has 0 radical (unpaired) electrons. The van der Waals surface area contributed by atoms with Crippen molar-refractivity contribution in [1.29, 1.82) is 0 Å². The van der Waals surface area contributed by atoms with Crippen molar-refractivity contribution in [1.82, 2.24) is 0 Å². The van der Waals surface area contributed by atoms with Crippen LogP contribution in [0.15, 0.2) is 18.2 Å². The summed E-state index contributed by atoms with van der Waals surface area (Å²) in [5.74, 6) is 0.557. The van der Waals surface area contributed by atoms with Gasteiger partial charge in [0, 0.05) is 0 Å². The lowest BCUT2D eigenvalue weighted by Crippen LogP contribution is -2.15. The van der Waals surface area contributed by atoms with Gasteiger partial charge in [-0.1, -0.05) is 26.0 Å². The van der Waals surface area contributed by atoms with E-state index in [2.05, 4.69) is 6.92 Å². The number of hydrogen-bond acceptors (Lipinski definition) is 3. The quantitative estimate of drug-likeness (QED) is 0.717. The molecule has 1 aromatic rings. The number of benzene rings is 1. The number of aliphatic hydroxyl groups is 2. The van der Waals surface area contributed by atoms with Gasteiger partial charge >= 0.3 is 6.48 Å². The van der Waals surface area contributed by atoms with Crippen molar-refractivity contribution in [3.63, 3.8) is 0 Å². The van der Waals surface area contributed by atoms with Crippen molar-refractivity contribution in [3.8, 4) is 5.75 Å². The van der Waals surface area contributed by atoms with Gasteiger partial charge in [0.05, 0.1) is 0 Å². The fraction of sp³-hybridized carbons (Fsp3) is 0.455. The van der Waals surface area contributed by atoms with Crippen LogP contribution in [0.25, 0.3) is 0 Å². The minimum atomic E-state index is -1.74. The summed E-state index contributed by atoms with van der Waals surface area (Å²) >= 11 is 0. The summed E-state index contributed by atoms with van der Waals surface area (Å²) in [6.45, 7) is 2.34. The summed E-state index contributed by atoms with van der Waals surface area (Å²) in [6.07, 6.45) is 1.74. The topological polar surface area (TPSA) is 49.7 Å². The Hall–Kier alpha value is -1.06. The highest BCUT2D eigenvalue weighted by Gasteiger charge is 2.08. The number of hydrogen-bond donors (Lipinski definition) is 2. The predicted octanol–water partition coefficient (Wildman–Crippen LogP) is 1.46. The molecule has 1 rings (SSSR count). The molecular formula is C11H16O3. The predicted molar refractivity (Wildman–Crippen MR) is 54.1 cm³/mol. The van der Waals surface area contributed by atoms with Gasteiger partial charge in [-0.25, -0.2) is 0 Å². The van der Waals surface area contributed by atoms with Crippen molar-refractivity contribution in [2.45, 2.75) is 33.2 Å². The van der Waals surface area contributed by atoms with E-state index in [-0.39, 0.29) is 0 Å². The highest BCUT2D eigenvalue weighted by atomic mass is 16.7. The van der Waals surface area contributed by atoms with Crippen LogP contribution in [-0.4, -0.2) is 16.7 Å². The Balaban J connectivity index is 3.02. The van der Waals surface area contributed by atoms with Gasteiger partial charge in [-0.2, -0.15) is 0 Å². The highest BCUT2D eigenvalue weighted by molar-refractivity contribution is 5.40. The molecule has 0 aromatic heterocycles. The molecule has 0 amide bonds. The maximum atomic E-state index is 8.72. The first kappa shape index (κ1) is 11.0. The maximum Gasteiger partial charge on any atom is 0.310 e. The lowest BCUT2D eigenvalue weighted by molar-refractivity contribution is -0.179. The van der Waals surface area contributed by atoms with Gasteiger partial charge in [0.1, 0.15) is 5.75 Å². The van der Waals surface area contributed by atoms with Crippen molar-refractivity contribution in [2.75, 3.05) is 0 Å². The summed E-state index contributed by atoms with van der Waals surface area (Å²) in [5, 5.41) is 17.4. The van der Waals surface area contributed by atoms with E-state index in [1.54, 1.807) is 6.07 Å². The third-order valence-corrected chi connectivity index (χ3v) is 2.20. The Labute approximate surface area is 84.0 Å². The van der Waals surface area contributed by atoms with E-state index >= 15 is 0 Å². The fourth-order valence-corrected chi connectivity index (χ4v) is 1.57. The van der Waals surface area contributed by atoms with E-state index in [0.717, 1.165) is 18.4 Å². The molecule has 78 valence electrons. The molecule has 0 heterocycles. The van der Waals surface area contributed by atoms with Gasteiger partial charge in [0.15, 0.2) is 0 Å². The van der Waals surface area contributed by atoms with Crippen LogP contribution in [0.2, 0.25) is 0 Å². The van der Waals surface area contributed by atoms with Crippen molar-refractivity contribution < 1.29 is 14.9 Å². The van der Waals surface area contributed by atoms with Crippen molar-refractivity contribution in [2.24, 2.45) is 0 Å². The Morgan fingerprint density at radius 2 is 1.93 bits per heavy atom. The molecule has 0 saturated heterocycles. The first-order valence-corrected chi connectivity index (χ1v) is 4.82. The lowest BCUT2D eigenvalue weighted by atomic mass is 10.0. The molecule has 0 fully saturated rings. The summed E-state index contributed by atoms with van der Waals surface area (Å²) in [4.78, 5) is 0. The molecule has 0 unspecified atom stereocenters. The summed E-state index contributed by atoms with van der Waals surface area (Å²) in [7, 11) is 0. The third kappa shape index (κ3) is 2.47. The minimum absolute atomic E-state index is 0.557. The summed E-state index contributed by atoms with van der Waals surface area (Å²) < 4.78 is 4.89. The number of ether oxygens (including phenoxy) is 1. The molecule has 3 nitrogen and oxygen atoms in total. The number of aliphatic hydroxyl groups excluding tert-OH is 1. The zero-order valence-corrected chi connectivity index (χ0v) is 8.53. The van der Waals surface area contributed by atoms with Gasteiger partial charge < -0.3 is 14.9 Å². The van der Waals surface area contributed by atoms with Gasteiger partial charge in [0.2, 0.25) is 0 Å². The van der Waals surface area contributed by atoms with Gasteiger partial charge in [-0.05, 0) is 30.0 Å². The van der Waals surface area contributed by atoms with Crippen LogP contribution >= 0.6 is 0 Å². The molecular weight excluding hydrogens is 180 g/mol. The average Bonchev–Trinajstić information content (AvgIpc) is 2.16. The van der Waals surface area contributed by atoms with Crippen LogP contribution in [0.5, 0.6) is 5.75 Å². The smallest absolute Gasteiger partial charge is 0.310 e. The molecule has 3 heteroatoms. The second-order valence-corrected chi connectivity index (χ2v) is 3.05. The Morgan fingerprint density at radius 1 is 1.21 bits per heavy atom. The van der Waals surface area contributed by atoms with Gasteiger partial charge in [-0.3, -0.25) is 0 Å². The second kappa shape index (κ2) is 4.98. The summed E-state index contributed by atoms with van der Waals surface area (Å²) in [5.41, 5.74) is 2.23. The van der Waals surface area contributed by atoms with Crippen LogP contribution in [0, 0.1) is 0 Å². The standard InChI is InChI=1S/C11H16O3/c1-3-8-6-5-7-10(9(8)4-2)14-11(12)13/h5-7,11-13H,3-4H2,1-2H3. The average molecular weight is 196 g/mol. The largest absolute Gasteiger partial charge is 0.441 e.